The molecule has 0 fully saturated rings. The van der Waals surface area contributed by atoms with Gasteiger partial charge in [-0.15, -0.1) is 0 Å². The number of hydrogen-bond donors (Lipinski definition) is 0. The van der Waals surface area contributed by atoms with Crippen LogP contribution in [0.4, 0.5) is 22.7 Å². The Morgan fingerprint density at radius 1 is 0.321 bits per heavy atom. The van der Waals surface area contributed by atoms with Crippen molar-refractivity contribution in [3.63, 3.8) is 0 Å². The molecule has 2 heterocycles. The van der Waals surface area contributed by atoms with E-state index in [-0.39, 0.29) is 0 Å². The van der Waals surface area contributed by atoms with Gasteiger partial charge in [-0.05, 0) is 145 Å². The van der Waals surface area contributed by atoms with Crippen molar-refractivity contribution < 1.29 is 0 Å². The Morgan fingerprint density at radius 2 is 0.804 bits per heavy atom. The van der Waals surface area contributed by atoms with Crippen molar-refractivity contribution in [2.75, 3.05) is 22.9 Å². The Kier molecular flexibility index (Phi) is 7.95. The number of nitrogens with zero attached hydrogens (tertiary/aromatic N) is 2. The summed E-state index contributed by atoms with van der Waals surface area (Å²) < 4.78 is 0. The van der Waals surface area contributed by atoms with E-state index in [4.69, 9.17) is 0 Å². The molecule has 0 spiro atoms. The molecule has 0 aromatic heterocycles. The maximum atomic E-state index is 2.54. The van der Waals surface area contributed by atoms with Gasteiger partial charge < -0.3 is 9.80 Å². The van der Waals surface area contributed by atoms with Gasteiger partial charge in [0.15, 0.2) is 0 Å². The molecule has 0 radical (unpaired) electrons. The first-order valence-corrected chi connectivity index (χ1v) is 20.2. The molecule has 56 heavy (non-hydrogen) atoms. The first-order valence-electron chi connectivity index (χ1n) is 20.2. The summed E-state index contributed by atoms with van der Waals surface area (Å²) in [4.78, 5) is 5.08. The first-order chi connectivity index (χ1) is 27.8. The van der Waals surface area contributed by atoms with Crippen LogP contribution in [0, 0.1) is 0 Å². The largest absolute Gasteiger partial charge is 0.341 e. The highest BCUT2D eigenvalue weighted by Crippen LogP contribution is 2.48. The van der Waals surface area contributed by atoms with Gasteiger partial charge in [0.2, 0.25) is 0 Å². The van der Waals surface area contributed by atoms with Gasteiger partial charge in [-0.2, -0.15) is 0 Å². The Hall–Kier alpha value is -6.64. The highest BCUT2D eigenvalue weighted by molar-refractivity contribution is 6.23. The molecule has 2 heteroatoms. The minimum atomic E-state index is 1.01. The quantitative estimate of drug-likeness (QED) is 0.164. The number of para-hydroxylation sites is 2. The number of anilines is 4. The molecule has 9 aromatic carbocycles. The highest BCUT2D eigenvalue weighted by Gasteiger charge is 2.24. The molecule has 2 aliphatic rings. The van der Waals surface area contributed by atoms with Gasteiger partial charge in [-0.1, -0.05) is 140 Å². The van der Waals surface area contributed by atoms with E-state index in [1.165, 1.54) is 99.6 Å². The molecule has 0 atom stereocenters. The fourth-order valence-corrected chi connectivity index (χ4v) is 9.57. The normalized spacial score (nSPS) is 13.9. The molecular formula is C54H42N2. The van der Waals surface area contributed by atoms with Crippen LogP contribution in [0.2, 0.25) is 0 Å². The second-order valence-corrected chi connectivity index (χ2v) is 15.5. The Bertz CT molecular complexity index is 2930. The molecule has 0 saturated heterocycles. The van der Waals surface area contributed by atoms with Crippen LogP contribution in [0.25, 0.3) is 65.7 Å². The van der Waals surface area contributed by atoms with Crippen molar-refractivity contribution in [2.45, 2.75) is 25.7 Å². The zero-order chi connectivity index (χ0) is 37.0. The van der Waals surface area contributed by atoms with Gasteiger partial charge >= 0.3 is 0 Å². The lowest BCUT2D eigenvalue weighted by Gasteiger charge is -2.32. The monoisotopic (exact) mass is 718 g/mol. The summed E-state index contributed by atoms with van der Waals surface area (Å²) in [5.74, 6) is 0. The highest BCUT2D eigenvalue weighted by atomic mass is 15.1. The zero-order valence-electron chi connectivity index (χ0n) is 31.5. The molecule has 11 rings (SSSR count). The van der Waals surface area contributed by atoms with E-state index in [1.54, 1.807) is 0 Å². The van der Waals surface area contributed by atoms with Gasteiger partial charge in [0, 0.05) is 35.8 Å². The molecule has 9 aromatic rings. The molecule has 0 bridgehead atoms. The fraction of sp³-hybridized carbons (Fsp3) is 0.111. The summed E-state index contributed by atoms with van der Waals surface area (Å²) in [6, 6.07) is 68.2. The summed E-state index contributed by atoms with van der Waals surface area (Å²) in [7, 11) is 0. The average molecular weight is 719 g/mol. The van der Waals surface area contributed by atoms with E-state index in [2.05, 4.69) is 192 Å². The summed E-state index contributed by atoms with van der Waals surface area (Å²) in [5.41, 5.74) is 15.5. The molecule has 2 aliphatic heterocycles. The zero-order valence-corrected chi connectivity index (χ0v) is 31.5. The number of benzene rings is 9. The maximum Gasteiger partial charge on any atom is 0.0443 e. The predicted octanol–water partition coefficient (Wildman–Crippen LogP) is 14.3. The molecule has 0 amide bonds. The summed E-state index contributed by atoms with van der Waals surface area (Å²) in [5, 5.41) is 7.64. The van der Waals surface area contributed by atoms with Gasteiger partial charge in [-0.25, -0.2) is 0 Å². The van der Waals surface area contributed by atoms with Crippen molar-refractivity contribution in [1.82, 2.24) is 0 Å². The van der Waals surface area contributed by atoms with Crippen LogP contribution in [0.15, 0.2) is 182 Å². The molecule has 0 N–H and O–H groups in total. The first kappa shape index (κ1) is 32.8. The third kappa shape index (κ3) is 5.56. The minimum absolute atomic E-state index is 1.01. The predicted molar refractivity (Wildman–Crippen MR) is 239 cm³/mol. The van der Waals surface area contributed by atoms with Crippen LogP contribution in [-0.2, 0) is 12.8 Å². The average Bonchev–Trinajstić information content (AvgIpc) is 3.27. The molecule has 0 aliphatic carbocycles. The topological polar surface area (TPSA) is 6.48 Å². The molecule has 0 saturated carbocycles. The summed E-state index contributed by atoms with van der Waals surface area (Å²) >= 11 is 0. The minimum Gasteiger partial charge on any atom is -0.341 e. The van der Waals surface area contributed by atoms with Crippen molar-refractivity contribution in [1.29, 1.82) is 0 Å². The smallest absolute Gasteiger partial charge is 0.0443 e. The van der Waals surface area contributed by atoms with Crippen LogP contribution in [-0.4, -0.2) is 13.1 Å². The van der Waals surface area contributed by atoms with Crippen molar-refractivity contribution >= 4 is 55.1 Å². The third-order valence-corrected chi connectivity index (χ3v) is 12.2. The van der Waals surface area contributed by atoms with Crippen LogP contribution in [0.1, 0.15) is 24.0 Å². The van der Waals surface area contributed by atoms with Crippen LogP contribution in [0.5, 0.6) is 0 Å². The number of fused-ring (bicyclic) bond motifs is 5. The van der Waals surface area contributed by atoms with E-state index in [0.29, 0.717) is 0 Å². The second kappa shape index (κ2) is 13.6. The van der Waals surface area contributed by atoms with Crippen LogP contribution in [0.3, 0.4) is 0 Å². The SMILES string of the molecule is c1ccc(-c2ccc(-c3c4ccc(N5CCCc6ccccc65)cc4c(-c4ccc5ccccc5c4)c4ccc(N5CCCc6ccccc65)cc34)cc2)cc1. The van der Waals surface area contributed by atoms with Crippen molar-refractivity contribution in [2.24, 2.45) is 0 Å². The van der Waals surface area contributed by atoms with Crippen molar-refractivity contribution in [3.8, 4) is 33.4 Å². The Morgan fingerprint density at radius 3 is 1.43 bits per heavy atom. The van der Waals surface area contributed by atoms with Gasteiger partial charge in [0.1, 0.15) is 0 Å². The van der Waals surface area contributed by atoms with E-state index in [0.717, 1.165) is 38.8 Å². The van der Waals surface area contributed by atoms with Gasteiger partial charge in [0.25, 0.3) is 0 Å². The molecule has 2 nitrogen and oxygen atoms in total. The van der Waals surface area contributed by atoms with E-state index < -0.39 is 0 Å². The number of hydrogen-bond acceptors (Lipinski definition) is 2. The molecule has 0 unspecified atom stereocenters. The van der Waals surface area contributed by atoms with Crippen molar-refractivity contribution in [3.05, 3.63) is 193 Å². The third-order valence-electron chi connectivity index (χ3n) is 12.2. The number of rotatable bonds is 5. The lowest BCUT2D eigenvalue weighted by Crippen LogP contribution is -2.24. The summed E-state index contributed by atoms with van der Waals surface area (Å²) in [6.45, 7) is 2.02. The standard InChI is InChI=1S/C54H42N2/c1-2-12-37(13-3-1)39-22-25-42(26-23-39)53-47-30-28-46(56-33-11-19-41-16-7-9-21-52(41)56)36-50(47)54(44-27-24-38-14-4-5-17-43(38)34-44)48-31-29-45(35-49(48)53)55-32-10-18-40-15-6-8-20-51(40)55/h1-9,12-17,20-31,34-36H,10-11,18-19,32-33H2. The second-order valence-electron chi connectivity index (χ2n) is 15.5. The molecule has 268 valence electrons. The molecular weight excluding hydrogens is 677 g/mol. The lowest BCUT2D eigenvalue weighted by molar-refractivity contribution is 0.767. The Labute approximate surface area is 328 Å². The van der Waals surface area contributed by atoms with Gasteiger partial charge in [0.05, 0.1) is 0 Å². The maximum absolute atomic E-state index is 2.54. The van der Waals surface area contributed by atoms with E-state index in [1.807, 2.05) is 0 Å². The van der Waals surface area contributed by atoms with E-state index >= 15 is 0 Å². The Balaban J connectivity index is 1.21. The summed E-state index contributed by atoms with van der Waals surface area (Å²) in [6.07, 6.45) is 4.54. The fourth-order valence-electron chi connectivity index (χ4n) is 9.57. The lowest BCUT2D eigenvalue weighted by atomic mass is 9.84. The number of aryl methyl sites for hydroxylation is 2. The van der Waals surface area contributed by atoms with Crippen LogP contribution >= 0.6 is 0 Å². The van der Waals surface area contributed by atoms with Gasteiger partial charge in [-0.3, -0.25) is 0 Å². The van der Waals surface area contributed by atoms with Crippen LogP contribution < -0.4 is 9.80 Å². The van der Waals surface area contributed by atoms with E-state index in [9.17, 15) is 0 Å².